The third-order valence-corrected chi connectivity index (χ3v) is 3.78. The van der Waals surface area contributed by atoms with E-state index in [2.05, 4.69) is 4.98 Å². The van der Waals surface area contributed by atoms with Crippen molar-refractivity contribution in [1.29, 1.82) is 0 Å². The highest BCUT2D eigenvalue weighted by molar-refractivity contribution is 6.29. The minimum atomic E-state index is -0.953. The van der Waals surface area contributed by atoms with Crippen LogP contribution < -0.4 is 9.80 Å². The molecule has 0 saturated heterocycles. The van der Waals surface area contributed by atoms with Crippen molar-refractivity contribution in [2.45, 2.75) is 6.54 Å². The van der Waals surface area contributed by atoms with Gasteiger partial charge in [0.1, 0.15) is 5.15 Å². The lowest BCUT2D eigenvalue weighted by atomic mass is 10.1. The number of anilines is 2. The van der Waals surface area contributed by atoms with Crippen molar-refractivity contribution in [2.75, 3.05) is 16.8 Å². The topological polar surface area (TPSA) is 79.6 Å². The molecule has 2 heterocycles. The van der Waals surface area contributed by atoms with Gasteiger partial charge in [-0.1, -0.05) is 11.6 Å². The Kier molecular flexibility index (Phi) is 3.61. The zero-order valence-electron chi connectivity index (χ0n) is 11.9. The molecule has 0 unspecified atom stereocenters. The van der Waals surface area contributed by atoms with Gasteiger partial charge in [-0.3, -0.25) is 19.9 Å². The molecule has 0 fully saturated rings. The molecule has 1 aliphatic rings. The van der Waals surface area contributed by atoms with Crippen molar-refractivity contribution >= 4 is 34.7 Å². The van der Waals surface area contributed by atoms with Crippen LogP contribution in [0, 0.1) is 15.9 Å². The van der Waals surface area contributed by atoms with Gasteiger partial charge in [-0.25, -0.2) is 9.78 Å². The molecule has 0 spiro atoms. The fourth-order valence-corrected chi connectivity index (χ4v) is 2.57. The molecule has 23 heavy (non-hydrogen) atoms. The first-order valence-corrected chi connectivity index (χ1v) is 6.90. The second-order valence-corrected chi connectivity index (χ2v) is 5.34. The minimum Gasteiger partial charge on any atom is -0.297 e. The maximum atomic E-state index is 13.5. The lowest BCUT2D eigenvalue weighted by Gasteiger charge is -2.34. The van der Waals surface area contributed by atoms with Gasteiger partial charge in [0, 0.05) is 24.9 Å². The predicted molar refractivity (Wildman–Crippen MR) is 82.3 cm³/mol. The molecule has 0 atom stereocenters. The summed E-state index contributed by atoms with van der Waals surface area (Å²) in [6.45, 7) is 0.158. The van der Waals surface area contributed by atoms with Gasteiger partial charge >= 0.3 is 11.7 Å². The summed E-state index contributed by atoms with van der Waals surface area (Å²) in [5.41, 5.74) is 0.889. The van der Waals surface area contributed by atoms with Gasteiger partial charge in [0.05, 0.1) is 22.8 Å². The SMILES string of the molecule is CN1C(=O)N(c2ccc(F)c([N+](=O)[O-])c2)Cc2cnc(Cl)cc21. The number of urea groups is 1. The van der Waals surface area contributed by atoms with E-state index in [1.807, 2.05) is 0 Å². The number of carbonyl (C=O) groups is 1. The number of hydrogen-bond donors (Lipinski definition) is 0. The molecule has 118 valence electrons. The Bertz CT molecular complexity index is 830. The Morgan fingerprint density at radius 1 is 1.39 bits per heavy atom. The highest BCUT2D eigenvalue weighted by Crippen LogP contribution is 2.33. The van der Waals surface area contributed by atoms with Crippen molar-refractivity contribution < 1.29 is 14.1 Å². The predicted octanol–water partition coefficient (Wildman–Crippen LogP) is 3.36. The van der Waals surface area contributed by atoms with E-state index in [0.717, 1.165) is 17.7 Å². The summed E-state index contributed by atoms with van der Waals surface area (Å²) in [5, 5.41) is 11.1. The molecule has 9 heteroatoms. The second kappa shape index (κ2) is 5.47. The van der Waals surface area contributed by atoms with Gasteiger partial charge in [-0.15, -0.1) is 0 Å². The van der Waals surface area contributed by atoms with Gasteiger partial charge in [-0.05, 0) is 18.2 Å². The van der Waals surface area contributed by atoms with Crippen molar-refractivity contribution in [3.63, 3.8) is 0 Å². The number of hydrogen-bond acceptors (Lipinski definition) is 4. The normalized spacial score (nSPS) is 14.0. The zero-order valence-corrected chi connectivity index (χ0v) is 12.6. The Morgan fingerprint density at radius 2 is 2.13 bits per heavy atom. The molecule has 0 N–H and O–H groups in total. The van der Waals surface area contributed by atoms with E-state index in [1.165, 1.54) is 22.1 Å². The van der Waals surface area contributed by atoms with Crippen LogP contribution in [0.1, 0.15) is 5.56 Å². The Morgan fingerprint density at radius 3 is 2.83 bits per heavy atom. The van der Waals surface area contributed by atoms with Crippen LogP contribution in [0.3, 0.4) is 0 Å². The van der Waals surface area contributed by atoms with Crippen molar-refractivity contribution in [2.24, 2.45) is 0 Å². The van der Waals surface area contributed by atoms with E-state index >= 15 is 0 Å². The zero-order chi connectivity index (χ0) is 16.7. The molecule has 2 aromatic rings. The number of aromatic nitrogens is 1. The fourth-order valence-electron chi connectivity index (χ4n) is 2.42. The summed E-state index contributed by atoms with van der Waals surface area (Å²) in [4.78, 5) is 29.2. The molecule has 1 aromatic carbocycles. The average Bonchev–Trinajstić information content (AvgIpc) is 2.52. The quantitative estimate of drug-likeness (QED) is 0.478. The monoisotopic (exact) mass is 336 g/mol. The van der Waals surface area contributed by atoms with Crippen LogP contribution in [-0.4, -0.2) is 23.0 Å². The fraction of sp³-hybridized carbons (Fsp3) is 0.143. The molecule has 0 saturated carbocycles. The maximum absolute atomic E-state index is 13.5. The van der Waals surface area contributed by atoms with E-state index in [-0.39, 0.29) is 17.4 Å². The molecule has 3 rings (SSSR count). The lowest BCUT2D eigenvalue weighted by molar-refractivity contribution is -0.387. The number of halogens is 2. The first kappa shape index (κ1) is 15.2. The first-order valence-electron chi connectivity index (χ1n) is 6.52. The van der Waals surface area contributed by atoms with E-state index < -0.39 is 22.5 Å². The number of benzene rings is 1. The molecule has 0 aliphatic carbocycles. The molecule has 7 nitrogen and oxygen atoms in total. The Labute approximate surface area is 135 Å². The van der Waals surface area contributed by atoms with E-state index in [9.17, 15) is 19.3 Å². The largest absolute Gasteiger partial charge is 0.329 e. The summed E-state index contributed by atoms with van der Waals surface area (Å²) in [6, 6.07) is 4.49. The Hall–Kier alpha value is -2.74. The maximum Gasteiger partial charge on any atom is 0.329 e. The van der Waals surface area contributed by atoms with Gasteiger partial charge in [0.15, 0.2) is 0 Å². The number of nitro groups is 1. The molecule has 0 bridgehead atoms. The summed E-state index contributed by atoms with van der Waals surface area (Å²) in [7, 11) is 1.56. The first-order chi connectivity index (χ1) is 10.9. The highest BCUT2D eigenvalue weighted by Gasteiger charge is 2.30. The number of carbonyl (C=O) groups excluding carboxylic acids is 1. The van der Waals surface area contributed by atoms with Crippen molar-refractivity contribution in [1.82, 2.24) is 4.98 Å². The molecular weight excluding hydrogens is 327 g/mol. The standard InChI is InChI=1S/C14H10ClFN4O3/c1-18-11-5-13(15)17-6-8(11)7-19(14(18)21)9-2-3-10(16)12(4-9)20(22)23/h2-6H,7H2,1H3. The van der Waals surface area contributed by atoms with E-state index in [1.54, 1.807) is 13.1 Å². The van der Waals surface area contributed by atoms with Crippen LogP contribution in [0.15, 0.2) is 30.5 Å². The van der Waals surface area contributed by atoms with Crippen LogP contribution >= 0.6 is 11.6 Å². The summed E-state index contributed by atoms with van der Waals surface area (Å²) in [6.07, 6.45) is 1.53. The van der Waals surface area contributed by atoms with Crippen LogP contribution in [0.4, 0.5) is 26.2 Å². The smallest absolute Gasteiger partial charge is 0.297 e. The van der Waals surface area contributed by atoms with Crippen molar-refractivity contribution in [3.8, 4) is 0 Å². The van der Waals surface area contributed by atoms with Gasteiger partial charge in [0.25, 0.3) is 0 Å². The molecule has 1 aliphatic heterocycles. The van der Waals surface area contributed by atoms with Crippen LogP contribution in [0.5, 0.6) is 0 Å². The molecular formula is C14H10ClFN4O3. The minimum absolute atomic E-state index is 0.158. The van der Waals surface area contributed by atoms with Gasteiger partial charge in [0.2, 0.25) is 5.82 Å². The van der Waals surface area contributed by atoms with E-state index in [4.69, 9.17) is 11.6 Å². The number of nitrogens with zero attached hydrogens (tertiary/aromatic N) is 4. The third-order valence-electron chi connectivity index (χ3n) is 3.57. The van der Waals surface area contributed by atoms with Gasteiger partial charge < -0.3 is 0 Å². The average molecular weight is 337 g/mol. The summed E-state index contributed by atoms with van der Waals surface area (Å²) in [5.74, 6) is -0.953. The molecule has 1 aromatic heterocycles. The van der Waals surface area contributed by atoms with E-state index in [0.29, 0.717) is 5.69 Å². The number of fused-ring (bicyclic) bond motifs is 1. The highest BCUT2D eigenvalue weighted by atomic mass is 35.5. The Balaban J connectivity index is 2.05. The number of rotatable bonds is 2. The number of nitro benzene ring substituents is 1. The van der Waals surface area contributed by atoms with Gasteiger partial charge in [-0.2, -0.15) is 4.39 Å². The van der Waals surface area contributed by atoms with Crippen molar-refractivity contribution in [3.05, 3.63) is 57.1 Å². The number of pyridine rings is 1. The summed E-state index contributed by atoms with van der Waals surface area (Å²) >= 11 is 5.84. The van der Waals surface area contributed by atoms with Crippen LogP contribution in [0.25, 0.3) is 0 Å². The summed E-state index contributed by atoms with van der Waals surface area (Å²) < 4.78 is 13.5. The second-order valence-electron chi connectivity index (χ2n) is 4.96. The van der Waals surface area contributed by atoms with Crippen LogP contribution in [-0.2, 0) is 6.54 Å². The molecule has 2 amide bonds. The number of amides is 2. The lowest BCUT2D eigenvalue weighted by Crippen LogP contribution is -2.45. The van der Waals surface area contributed by atoms with Crippen LogP contribution in [0.2, 0.25) is 5.15 Å². The third kappa shape index (κ3) is 2.57. The molecule has 0 radical (unpaired) electrons.